The highest BCUT2D eigenvalue weighted by molar-refractivity contribution is 7.92. The molecule has 0 aliphatic heterocycles. The van der Waals surface area contributed by atoms with Gasteiger partial charge >= 0.3 is 0 Å². The third-order valence-electron chi connectivity index (χ3n) is 4.52. The zero-order chi connectivity index (χ0) is 23.0. The molecule has 0 radical (unpaired) electrons. The van der Waals surface area contributed by atoms with E-state index in [-0.39, 0.29) is 18.8 Å². The molecule has 8 heteroatoms. The maximum atomic E-state index is 12.6. The van der Waals surface area contributed by atoms with Gasteiger partial charge < -0.3 is 14.8 Å². The van der Waals surface area contributed by atoms with Crippen molar-refractivity contribution in [2.45, 2.75) is 13.5 Å². The van der Waals surface area contributed by atoms with Crippen molar-refractivity contribution >= 4 is 21.6 Å². The summed E-state index contributed by atoms with van der Waals surface area (Å²) in [5, 5.41) is 2.77. The van der Waals surface area contributed by atoms with E-state index in [0.29, 0.717) is 18.1 Å². The highest BCUT2D eigenvalue weighted by Crippen LogP contribution is 2.33. The molecular weight excluding hydrogens is 428 g/mol. The van der Waals surface area contributed by atoms with Crippen molar-refractivity contribution in [3.05, 3.63) is 84.4 Å². The Morgan fingerprint density at radius 1 is 0.906 bits per heavy atom. The van der Waals surface area contributed by atoms with Crippen LogP contribution in [0.4, 0.5) is 5.69 Å². The van der Waals surface area contributed by atoms with Crippen molar-refractivity contribution in [1.29, 1.82) is 0 Å². The second kappa shape index (κ2) is 10.7. The summed E-state index contributed by atoms with van der Waals surface area (Å²) in [6.45, 7) is 2.38. The minimum atomic E-state index is -3.75. The van der Waals surface area contributed by atoms with E-state index in [1.165, 1.54) is 0 Å². The molecule has 168 valence electrons. The number of anilines is 1. The first-order chi connectivity index (χ1) is 15.4. The van der Waals surface area contributed by atoms with Gasteiger partial charge in [-0.2, -0.15) is 0 Å². The molecule has 0 aliphatic carbocycles. The maximum Gasteiger partial charge on any atom is 0.241 e. The number of ether oxygens (including phenoxy) is 2. The number of sulfonamides is 1. The van der Waals surface area contributed by atoms with Gasteiger partial charge in [-0.05, 0) is 48.9 Å². The molecule has 3 rings (SSSR count). The van der Waals surface area contributed by atoms with Crippen molar-refractivity contribution in [2.75, 3.05) is 23.7 Å². The lowest BCUT2D eigenvalue weighted by atomic mass is 10.2. The number of rotatable bonds is 10. The molecule has 0 bridgehead atoms. The molecular formula is C24H26N2O5S. The Hall–Kier alpha value is -3.52. The van der Waals surface area contributed by atoms with Gasteiger partial charge in [0.15, 0.2) is 5.75 Å². The van der Waals surface area contributed by atoms with Crippen molar-refractivity contribution in [1.82, 2.24) is 5.32 Å². The first-order valence-corrected chi connectivity index (χ1v) is 12.0. The molecule has 0 aliphatic rings. The van der Waals surface area contributed by atoms with Gasteiger partial charge in [0, 0.05) is 6.54 Å². The summed E-state index contributed by atoms with van der Waals surface area (Å²) < 4.78 is 37.4. The minimum absolute atomic E-state index is 0.269. The highest BCUT2D eigenvalue weighted by Gasteiger charge is 2.24. The molecule has 0 aromatic heterocycles. The highest BCUT2D eigenvalue weighted by atomic mass is 32.2. The van der Waals surface area contributed by atoms with E-state index >= 15 is 0 Å². The Labute approximate surface area is 188 Å². The lowest BCUT2D eigenvalue weighted by molar-refractivity contribution is -0.119. The van der Waals surface area contributed by atoms with E-state index in [1.807, 2.05) is 49.4 Å². The summed E-state index contributed by atoms with van der Waals surface area (Å²) in [5.41, 5.74) is 1.16. The fraction of sp³-hybridized carbons (Fsp3) is 0.208. The van der Waals surface area contributed by atoms with Crippen LogP contribution >= 0.6 is 0 Å². The van der Waals surface area contributed by atoms with Gasteiger partial charge in [-0.25, -0.2) is 8.42 Å². The predicted molar refractivity (Wildman–Crippen MR) is 125 cm³/mol. The van der Waals surface area contributed by atoms with E-state index in [0.717, 1.165) is 21.9 Å². The number of carbonyl (C=O) groups excluding carboxylic acids is 1. The van der Waals surface area contributed by atoms with Gasteiger partial charge in [0.1, 0.15) is 18.0 Å². The molecule has 0 saturated heterocycles. The molecule has 32 heavy (non-hydrogen) atoms. The average Bonchev–Trinajstić information content (AvgIpc) is 2.78. The average molecular weight is 455 g/mol. The van der Waals surface area contributed by atoms with Crippen LogP contribution in [0.2, 0.25) is 0 Å². The number of para-hydroxylation sites is 3. The summed E-state index contributed by atoms with van der Waals surface area (Å²) in [6, 6.07) is 23.1. The van der Waals surface area contributed by atoms with E-state index in [2.05, 4.69) is 5.32 Å². The Morgan fingerprint density at radius 3 is 2.22 bits per heavy atom. The standard InChI is InChI=1S/C24H26N2O5S/c1-3-30-20-15-13-19(14-16-20)17-25-24(27)18-26(32(2,28)29)22-11-7-8-12-23(22)31-21-9-5-4-6-10-21/h4-16H,3,17-18H2,1-2H3,(H,25,27). The van der Waals surface area contributed by atoms with E-state index in [4.69, 9.17) is 9.47 Å². The topological polar surface area (TPSA) is 84.9 Å². The molecule has 0 spiro atoms. The first-order valence-electron chi connectivity index (χ1n) is 10.1. The predicted octanol–water partition coefficient (Wildman–Crippen LogP) is 3.96. The quantitative estimate of drug-likeness (QED) is 0.501. The van der Waals surface area contributed by atoms with Crippen LogP contribution in [0.3, 0.4) is 0 Å². The molecule has 0 atom stereocenters. The summed E-state index contributed by atoms with van der Waals surface area (Å²) in [7, 11) is -3.75. The second-order valence-electron chi connectivity index (χ2n) is 7.01. The summed E-state index contributed by atoms with van der Waals surface area (Å²) in [6.07, 6.45) is 1.06. The van der Waals surface area contributed by atoms with E-state index in [1.54, 1.807) is 36.4 Å². The first kappa shape index (κ1) is 23.1. The number of nitrogens with zero attached hydrogens (tertiary/aromatic N) is 1. The Bertz CT molecular complexity index is 1130. The van der Waals surface area contributed by atoms with Gasteiger partial charge in [0.05, 0.1) is 18.6 Å². The maximum absolute atomic E-state index is 12.6. The van der Waals surface area contributed by atoms with E-state index in [9.17, 15) is 13.2 Å². The van der Waals surface area contributed by atoms with Crippen molar-refractivity contribution in [2.24, 2.45) is 0 Å². The van der Waals surface area contributed by atoms with Gasteiger partial charge in [-0.15, -0.1) is 0 Å². The molecule has 3 aromatic carbocycles. The molecule has 3 aromatic rings. The zero-order valence-corrected chi connectivity index (χ0v) is 18.8. The Kier molecular flexibility index (Phi) is 7.72. The Morgan fingerprint density at radius 2 is 1.56 bits per heavy atom. The molecule has 0 unspecified atom stereocenters. The van der Waals surface area contributed by atoms with Crippen molar-refractivity contribution < 1.29 is 22.7 Å². The number of hydrogen-bond donors (Lipinski definition) is 1. The van der Waals surface area contributed by atoms with Crippen molar-refractivity contribution in [3.63, 3.8) is 0 Å². The number of hydrogen-bond acceptors (Lipinski definition) is 5. The molecule has 0 saturated carbocycles. The van der Waals surface area contributed by atoms with Crippen LogP contribution in [0, 0.1) is 0 Å². The molecule has 1 N–H and O–H groups in total. The number of nitrogens with one attached hydrogen (secondary N) is 1. The Balaban J connectivity index is 1.73. The van der Waals surface area contributed by atoms with Crippen LogP contribution < -0.4 is 19.1 Å². The number of carbonyl (C=O) groups is 1. The minimum Gasteiger partial charge on any atom is -0.494 e. The van der Waals surface area contributed by atoms with Crippen LogP contribution in [0.1, 0.15) is 12.5 Å². The third kappa shape index (κ3) is 6.49. The van der Waals surface area contributed by atoms with Gasteiger partial charge in [0.25, 0.3) is 0 Å². The SMILES string of the molecule is CCOc1ccc(CNC(=O)CN(c2ccccc2Oc2ccccc2)S(C)(=O)=O)cc1. The fourth-order valence-electron chi connectivity index (χ4n) is 3.00. The van der Waals surface area contributed by atoms with Crippen LogP contribution in [0.25, 0.3) is 0 Å². The van der Waals surface area contributed by atoms with Crippen LogP contribution in [0.5, 0.6) is 17.2 Å². The summed E-state index contributed by atoms with van der Waals surface area (Å²) >= 11 is 0. The van der Waals surface area contributed by atoms with Crippen LogP contribution in [0.15, 0.2) is 78.9 Å². The molecule has 1 amide bonds. The lowest BCUT2D eigenvalue weighted by Gasteiger charge is -2.24. The van der Waals surface area contributed by atoms with Crippen LogP contribution in [-0.4, -0.2) is 33.7 Å². The molecule has 0 fully saturated rings. The van der Waals surface area contributed by atoms with Crippen molar-refractivity contribution in [3.8, 4) is 17.2 Å². The normalized spacial score (nSPS) is 10.9. The lowest BCUT2D eigenvalue weighted by Crippen LogP contribution is -2.40. The summed E-state index contributed by atoms with van der Waals surface area (Å²) in [4.78, 5) is 12.6. The third-order valence-corrected chi connectivity index (χ3v) is 5.64. The van der Waals surface area contributed by atoms with Gasteiger partial charge in [-0.1, -0.05) is 42.5 Å². The van der Waals surface area contributed by atoms with E-state index < -0.39 is 15.9 Å². The fourth-order valence-corrected chi connectivity index (χ4v) is 3.86. The number of benzene rings is 3. The molecule has 0 heterocycles. The van der Waals surface area contributed by atoms with Gasteiger partial charge in [-0.3, -0.25) is 9.10 Å². The van der Waals surface area contributed by atoms with Crippen LogP contribution in [-0.2, 0) is 21.4 Å². The zero-order valence-electron chi connectivity index (χ0n) is 18.0. The summed E-state index contributed by atoms with van der Waals surface area (Å²) in [5.74, 6) is 1.22. The molecule has 7 nitrogen and oxygen atoms in total. The number of amides is 1. The largest absolute Gasteiger partial charge is 0.494 e. The smallest absolute Gasteiger partial charge is 0.241 e. The monoisotopic (exact) mass is 454 g/mol. The second-order valence-corrected chi connectivity index (χ2v) is 8.91. The van der Waals surface area contributed by atoms with Gasteiger partial charge in [0.2, 0.25) is 15.9 Å².